The maximum Gasteiger partial charge on any atom is 0.251 e. The Bertz CT molecular complexity index is 1460. The normalized spacial score (nSPS) is 16.9. The fourth-order valence-corrected chi connectivity index (χ4v) is 5.72. The molecule has 208 valence electrons. The zero-order valence-corrected chi connectivity index (χ0v) is 23.4. The summed E-state index contributed by atoms with van der Waals surface area (Å²) in [4.78, 5) is 12.5. The molecule has 1 unspecified atom stereocenters. The zero-order valence-electron chi connectivity index (χ0n) is 23.4. The molecule has 0 fully saturated rings. The first kappa shape index (κ1) is 28.7. The first-order valence-electron chi connectivity index (χ1n) is 13.3. The number of hydrogen-bond acceptors (Lipinski definition) is 6. The van der Waals surface area contributed by atoms with E-state index in [0.29, 0.717) is 36.9 Å². The topological polar surface area (TPSA) is 159 Å². The summed E-state index contributed by atoms with van der Waals surface area (Å²) in [6.45, 7) is 6.17. The molecule has 3 aromatic rings. The molecule has 1 aliphatic rings. The van der Waals surface area contributed by atoms with Crippen LogP contribution < -0.4 is 22.7 Å². The van der Waals surface area contributed by atoms with Crippen molar-refractivity contribution in [3.63, 3.8) is 0 Å². The number of nitrogens with zero attached hydrogens (tertiary/aromatic N) is 3. The van der Waals surface area contributed by atoms with Gasteiger partial charge in [0.15, 0.2) is 5.84 Å². The van der Waals surface area contributed by atoms with Crippen LogP contribution >= 0.6 is 0 Å². The maximum absolute atomic E-state index is 12.5. The fraction of sp³-hybridized carbons (Fsp3) is 0.290. The van der Waals surface area contributed by atoms with E-state index in [1.807, 2.05) is 24.3 Å². The van der Waals surface area contributed by atoms with Crippen molar-refractivity contribution in [2.75, 3.05) is 14.1 Å². The van der Waals surface area contributed by atoms with E-state index < -0.39 is 5.41 Å². The van der Waals surface area contributed by atoms with Gasteiger partial charge in [-0.25, -0.2) is 5.84 Å². The summed E-state index contributed by atoms with van der Waals surface area (Å²) in [5.74, 6) is 11.3. The quantitative estimate of drug-likeness (QED) is 0.0969. The highest BCUT2D eigenvalue weighted by Gasteiger charge is 2.45. The Balaban J connectivity index is 1.94. The number of carbonyl (C=O) groups excluding carboxylic acids is 1. The molecule has 9 nitrogen and oxygen atoms in total. The summed E-state index contributed by atoms with van der Waals surface area (Å²) in [5.41, 5.74) is 14.0. The molecular weight excluding hydrogens is 500 g/mol. The number of fused-ring (bicyclic) bond motifs is 2. The van der Waals surface area contributed by atoms with Gasteiger partial charge in [-0.05, 0) is 84.2 Å². The molecule has 1 aliphatic carbocycles. The van der Waals surface area contributed by atoms with Crippen molar-refractivity contribution < 1.29 is 4.79 Å². The molecule has 1 amide bonds. The SMILES string of the molecule is C=C(c1ccc2c(c1)CCc1cc(C(=O)NC)ccc1C2(C[C@H](N)Cc1ccc(C)cc1)C(=N)N=NN)N(C)N. The van der Waals surface area contributed by atoms with Gasteiger partial charge in [0.05, 0.1) is 11.1 Å². The largest absolute Gasteiger partial charge is 0.355 e. The minimum Gasteiger partial charge on any atom is -0.355 e. The Kier molecular flexibility index (Phi) is 8.46. The van der Waals surface area contributed by atoms with Gasteiger partial charge in [-0.3, -0.25) is 10.2 Å². The second kappa shape index (κ2) is 11.8. The molecule has 0 heterocycles. The van der Waals surface area contributed by atoms with Crippen LogP contribution in [0.25, 0.3) is 5.70 Å². The van der Waals surface area contributed by atoms with Crippen molar-refractivity contribution in [3.05, 3.63) is 112 Å². The minimum atomic E-state index is -1.05. The second-order valence-electron chi connectivity index (χ2n) is 10.5. The van der Waals surface area contributed by atoms with Gasteiger partial charge in [0.2, 0.25) is 0 Å². The van der Waals surface area contributed by atoms with E-state index in [-0.39, 0.29) is 17.8 Å². The molecule has 9 heteroatoms. The summed E-state index contributed by atoms with van der Waals surface area (Å²) in [7, 11) is 3.36. The Labute approximate surface area is 235 Å². The Hall–Kier alpha value is -4.34. The Morgan fingerprint density at radius 2 is 1.65 bits per heavy atom. The van der Waals surface area contributed by atoms with E-state index in [1.54, 1.807) is 20.2 Å². The smallest absolute Gasteiger partial charge is 0.251 e. The van der Waals surface area contributed by atoms with Gasteiger partial charge < -0.3 is 21.9 Å². The van der Waals surface area contributed by atoms with Gasteiger partial charge in [-0.1, -0.05) is 59.8 Å². The van der Waals surface area contributed by atoms with Crippen LogP contribution in [0.4, 0.5) is 0 Å². The number of hydrogen-bond donors (Lipinski definition) is 5. The highest BCUT2D eigenvalue weighted by molar-refractivity contribution is 5.97. The van der Waals surface area contributed by atoms with Gasteiger partial charge in [0.25, 0.3) is 5.91 Å². The molecule has 0 spiro atoms. The summed E-state index contributed by atoms with van der Waals surface area (Å²) >= 11 is 0. The lowest BCUT2D eigenvalue weighted by Gasteiger charge is -2.37. The standard InChI is InChI=1S/C31H38N8O/c1-19-5-7-21(8-6-19)15-26(32)18-31(30(33)37-38-34)27-13-11-22(20(2)39(4)35)16-23(27)9-10-24-17-25(29(40)36-3)12-14-28(24)31/h5-8,11-14,16-17,26H,2,9-10,15,18,32,35H2,1,3-4H3,(H,36,40)(H3,33,34,37)/t26-,31?/m1/s1. The maximum atomic E-state index is 12.5. The lowest BCUT2D eigenvalue weighted by Crippen LogP contribution is -2.43. The third kappa shape index (κ3) is 5.52. The molecule has 0 aromatic heterocycles. The average molecular weight is 539 g/mol. The van der Waals surface area contributed by atoms with E-state index in [2.05, 4.69) is 59.5 Å². The number of carbonyl (C=O) groups is 1. The van der Waals surface area contributed by atoms with E-state index in [0.717, 1.165) is 33.4 Å². The second-order valence-corrected chi connectivity index (χ2v) is 10.5. The van der Waals surface area contributed by atoms with Gasteiger partial charge in [0.1, 0.15) is 0 Å². The van der Waals surface area contributed by atoms with Crippen molar-refractivity contribution in [1.29, 1.82) is 5.41 Å². The van der Waals surface area contributed by atoms with Crippen LogP contribution in [0.5, 0.6) is 0 Å². The van der Waals surface area contributed by atoms with Crippen molar-refractivity contribution in [2.45, 2.75) is 44.1 Å². The number of nitrogens with one attached hydrogen (secondary N) is 2. The number of amidine groups is 1. The molecule has 0 saturated carbocycles. The highest BCUT2D eigenvalue weighted by Crippen LogP contribution is 2.45. The number of amides is 1. The molecule has 0 bridgehead atoms. The third-order valence-electron chi connectivity index (χ3n) is 7.79. The van der Waals surface area contributed by atoms with Crippen molar-refractivity contribution in [2.24, 2.45) is 27.8 Å². The van der Waals surface area contributed by atoms with E-state index in [4.69, 9.17) is 17.4 Å². The van der Waals surface area contributed by atoms with Crippen LogP contribution in [0.1, 0.15) is 55.7 Å². The molecule has 4 rings (SSSR count). The lowest BCUT2D eigenvalue weighted by molar-refractivity contribution is 0.0963. The van der Waals surface area contributed by atoms with Gasteiger partial charge >= 0.3 is 0 Å². The van der Waals surface area contributed by atoms with Crippen LogP contribution in [0.15, 0.2) is 77.6 Å². The molecule has 0 aliphatic heterocycles. The van der Waals surface area contributed by atoms with Gasteiger partial charge in [-0.2, -0.15) is 0 Å². The molecular formula is C31H38N8O. The number of aryl methyl sites for hydroxylation is 3. The van der Waals surface area contributed by atoms with Crippen LogP contribution in [0.3, 0.4) is 0 Å². The Morgan fingerprint density at radius 1 is 1.07 bits per heavy atom. The predicted molar refractivity (Wildman–Crippen MR) is 160 cm³/mol. The summed E-state index contributed by atoms with van der Waals surface area (Å²) in [6, 6.07) is 19.6. The Morgan fingerprint density at radius 3 is 2.20 bits per heavy atom. The molecule has 3 aromatic carbocycles. The average Bonchev–Trinajstić information content (AvgIpc) is 3.08. The molecule has 0 radical (unpaired) electrons. The summed E-state index contributed by atoms with van der Waals surface area (Å²) in [6.07, 6.45) is 2.33. The van der Waals surface area contributed by atoms with Gasteiger partial charge in [0, 0.05) is 25.7 Å². The lowest BCUT2D eigenvalue weighted by atomic mass is 9.67. The van der Waals surface area contributed by atoms with Crippen molar-refractivity contribution >= 4 is 17.4 Å². The molecule has 2 atom stereocenters. The number of hydrazine groups is 1. The summed E-state index contributed by atoms with van der Waals surface area (Å²) in [5, 5.41) is 21.1. The van der Waals surface area contributed by atoms with Gasteiger partial charge in [-0.15, -0.1) is 5.11 Å². The minimum absolute atomic E-state index is 0.00558. The van der Waals surface area contributed by atoms with E-state index in [1.165, 1.54) is 10.6 Å². The predicted octanol–water partition coefficient (Wildman–Crippen LogP) is 3.78. The monoisotopic (exact) mass is 538 g/mol. The van der Waals surface area contributed by atoms with E-state index in [9.17, 15) is 10.2 Å². The van der Waals surface area contributed by atoms with Crippen molar-refractivity contribution in [1.82, 2.24) is 10.3 Å². The van der Waals surface area contributed by atoms with Crippen LogP contribution in [-0.4, -0.2) is 36.9 Å². The van der Waals surface area contributed by atoms with Crippen LogP contribution in [-0.2, 0) is 24.7 Å². The highest BCUT2D eigenvalue weighted by atomic mass is 16.1. The van der Waals surface area contributed by atoms with Crippen LogP contribution in [0.2, 0.25) is 0 Å². The fourth-order valence-electron chi connectivity index (χ4n) is 5.72. The molecule has 40 heavy (non-hydrogen) atoms. The first-order chi connectivity index (χ1) is 19.1. The number of nitrogens with two attached hydrogens (primary N) is 3. The third-order valence-corrected chi connectivity index (χ3v) is 7.79. The number of benzene rings is 3. The first-order valence-corrected chi connectivity index (χ1v) is 13.3. The zero-order chi connectivity index (χ0) is 29.0. The molecule has 8 N–H and O–H groups in total. The summed E-state index contributed by atoms with van der Waals surface area (Å²) < 4.78 is 0. The van der Waals surface area contributed by atoms with Crippen molar-refractivity contribution in [3.8, 4) is 0 Å². The molecule has 0 saturated heterocycles. The van der Waals surface area contributed by atoms with Crippen LogP contribution in [0, 0.1) is 12.3 Å². The number of rotatable bonds is 8. The van der Waals surface area contributed by atoms with E-state index >= 15 is 0 Å².